The third-order valence-corrected chi connectivity index (χ3v) is 2.83. The summed E-state index contributed by atoms with van der Waals surface area (Å²) in [6.07, 6.45) is 1.07. The SMILES string of the molecule is CCC(C)c1cc(C(C)(C)COC)no1. The van der Waals surface area contributed by atoms with Gasteiger partial charge in [0.1, 0.15) is 5.76 Å². The molecular formula is C12H21NO2. The van der Waals surface area contributed by atoms with Crippen molar-refractivity contribution in [2.75, 3.05) is 13.7 Å². The summed E-state index contributed by atoms with van der Waals surface area (Å²) in [6.45, 7) is 9.16. The minimum absolute atomic E-state index is 0.0794. The summed E-state index contributed by atoms with van der Waals surface area (Å²) >= 11 is 0. The van der Waals surface area contributed by atoms with Gasteiger partial charge in [-0.1, -0.05) is 32.9 Å². The first kappa shape index (κ1) is 12.2. The standard InChI is InChI=1S/C12H21NO2/c1-6-9(2)10-7-11(13-15-10)12(3,4)8-14-5/h7,9H,6,8H2,1-5H3. The van der Waals surface area contributed by atoms with E-state index in [-0.39, 0.29) is 5.41 Å². The van der Waals surface area contributed by atoms with Crippen LogP contribution in [0.15, 0.2) is 10.6 Å². The van der Waals surface area contributed by atoms with Crippen LogP contribution in [0.25, 0.3) is 0 Å². The number of ether oxygens (including phenoxy) is 1. The summed E-state index contributed by atoms with van der Waals surface area (Å²) in [5.74, 6) is 1.40. The summed E-state index contributed by atoms with van der Waals surface area (Å²) in [7, 11) is 1.71. The Bertz CT molecular complexity index is 304. The highest BCUT2D eigenvalue weighted by atomic mass is 16.5. The van der Waals surface area contributed by atoms with Crippen LogP contribution >= 0.6 is 0 Å². The van der Waals surface area contributed by atoms with Gasteiger partial charge < -0.3 is 9.26 Å². The lowest BCUT2D eigenvalue weighted by Gasteiger charge is -2.19. The van der Waals surface area contributed by atoms with Gasteiger partial charge >= 0.3 is 0 Å². The molecule has 0 bridgehead atoms. The average Bonchev–Trinajstić information content (AvgIpc) is 2.66. The highest BCUT2D eigenvalue weighted by Crippen LogP contribution is 2.26. The van der Waals surface area contributed by atoms with Crippen molar-refractivity contribution in [1.82, 2.24) is 5.16 Å². The molecule has 0 fully saturated rings. The molecule has 1 unspecified atom stereocenters. The molecule has 0 saturated heterocycles. The average molecular weight is 211 g/mol. The van der Waals surface area contributed by atoms with Crippen molar-refractivity contribution in [3.05, 3.63) is 17.5 Å². The molecule has 3 heteroatoms. The smallest absolute Gasteiger partial charge is 0.139 e. The van der Waals surface area contributed by atoms with Crippen molar-refractivity contribution in [2.24, 2.45) is 0 Å². The highest BCUT2D eigenvalue weighted by molar-refractivity contribution is 5.17. The van der Waals surface area contributed by atoms with Crippen LogP contribution in [-0.4, -0.2) is 18.9 Å². The zero-order chi connectivity index (χ0) is 11.5. The van der Waals surface area contributed by atoms with E-state index in [1.807, 2.05) is 6.07 Å². The first-order chi connectivity index (χ1) is 7.01. The molecule has 0 aromatic carbocycles. The molecule has 1 aromatic heterocycles. The van der Waals surface area contributed by atoms with E-state index in [4.69, 9.17) is 9.26 Å². The number of hydrogen-bond acceptors (Lipinski definition) is 3. The zero-order valence-corrected chi connectivity index (χ0v) is 10.3. The Labute approximate surface area is 91.8 Å². The molecule has 0 radical (unpaired) electrons. The maximum Gasteiger partial charge on any atom is 0.139 e. The van der Waals surface area contributed by atoms with E-state index in [9.17, 15) is 0 Å². The van der Waals surface area contributed by atoms with Gasteiger partial charge in [-0.05, 0) is 6.42 Å². The van der Waals surface area contributed by atoms with Crippen molar-refractivity contribution in [3.63, 3.8) is 0 Å². The maximum atomic E-state index is 5.34. The maximum absolute atomic E-state index is 5.34. The van der Waals surface area contributed by atoms with Gasteiger partial charge in [-0.2, -0.15) is 0 Å². The number of nitrogens with zero attached hydrogens (tertiary/aromatic N) is 1. The van der Waals surface area contributed by atoms with Crippen molar-refractivity contribution in [3.8, 4) is 0 Å². The van der Waals surface area contributed by atoms with Crippen LogP contribution in [0, 0.1) is 0 Å². The second kappa shape index (κ2) is 4.79. The number of rotatable bonds is 5. The topological polar surface area (TPSA) is 35.3 Å². The summed E-state index contributed by atoms with van der Waals surface area (Å²) in [4.78, 5) is 0. The van der Waals surface area contributed by atoms with Gasteiger partial charge in [0.15, 0.2) is 0 Å². The third kappa shape index (κ3) is 2.81. The van der Waals surface area contributed by atoms with Crippen LogP contribution in [0.4, 0.5) is 0 Å². The van der Waals surface area contributed by atoms with Gasteiger partial charge in [-0.15, -0.1) is 0 Å². The molecule has 86 valence electrons. The van der Waals surface area contributed by atoms with E-state index in [2.05, 4.69) is 32.9 Å². The molecular weight excluding hydrogens is 190 g/mol. The molecule has 0 saturated carbocycles. The minimum Gasteiger partial charge on any atom is -0.384 e. The first-order valence-corrected chi connectivity index (χ1v) is 5.47. The van der Waals surface area contributed by atoms with Crippen LogP contribution in [-0.2, 0) is 10.2 Å². The van der Waals surface area contributed by atoms with Crippen LogP contribution in [0.1, 0.15) is 51.5 Å². The molecule has 0 aliphatic carbocycles. The fraction of sp³-hybridized carbons (Fsp3) is 0.750. The molecule has 0 amide bonds. The van der Waals surface area contributed by atoms with Gasteiger partial charge in [-0.3, -0.25) is 0 Å². The number of hydrogen-bond donors (Lipinski definition) is 0. The minimum atomic E-state index is -0.0794. The molecule has 1 aromatic rings. The van der Waals surface area contributed by atoms with Crippen molar-refractivity contribution in [1.29, 1.82) is 0 Å². The van der Waals surface area contributed by atoms with E-state index in [0.717, 1.165) is 17.9 Å². The predicted octanol–water partition coefficient (Wildman–Crippen LogP) is 3.11. The fourth-order valence-corrected chi connectivity index (χ4v) is 1.48. The predicted molar refractivity (Wildman–Crippen MR) is 60.1 cm³/mol. The zero-order valence-electron chi connectivity index (χ0n) is 10.3. The molecule has 15 heavy (non-hydrogen) atoms. The highest BCUT2D eigenvalue weighted by Gasteiger charge is 2.25. The summed E-state index contributed by atoms with van der Waals surface area (Å²) in [6, 6.07) is 2.05. The Kier molecular flexibility index (Phi) is 3.91. The molecule has 3 nitrogen and oxygen atoms in total. The fourth-order valence-electron chi connectivity index (χ4n) is 1.48. The van der Waals surface area contributed by atoms with E-state index in [1.165, 1.54) is 0 Å². The number of aromatic nitrogens is 1. The van der Waals surface area contributed by atoms with Gasteiger partial charge in [0.2, 0.25) is 0 Å². The van der Waals surface area contributed by atoms with Gasteiger partial charge in [0.05, 0.1) is 12.3 Å². The Morgan fingerprint density at radius 2 is 2.20 bits per heavy atom. The lowest BCUT2D eigenvalue weighted by atomic mass is 9.89. The number of methoxy groups -OCH3 is 1. The Balaban J connectivity index is 2.83. The van der Waals surface area contributed by atoms with Gasteiger partial charge in [-0.25, -0.2) is 0 Å². The van der Waals surface area contributed by atoms with Crippen molar-refractivity contribution < 1.29 is 9.26 Å². The van der Waals surface area contributed by atoms with Crippen LogP contribution in [0.3, 0.4) is 0 Å². The molecule has 0 N–H and O–H groups in total. The third-order valence-electron chi connectivity index (χ3n) is 2.83. The summed E-state index contributed by atoms with van der Waals surface area (Å²) < 4.78 is 10.5. The molecule has 0 aliphatic heterocycles. The first-order valence-electron chi connectivity index (χ1n) is 5.47. The largest absolute Gasteiger partial charge is 0.384 e. The Morgan fingerprint density at radius 3 is 2.73 bits per heavy atom. The summed E-state index contributed by atoms with van der Waals surface area (Å²) in [5.41, 5.74) is 0.892. The molecule has 0 aliphatic rings. The summed E-state index contributed by atoms with van der Waals surface area (Å²) in [5, 5.41) is 4.12. The van der Waals surface area contributed by atoms with E-state index < -0.39 is 0 Å². The van der Waals surface area contributed by atoms with Crippen LogP contribution in [0.2, 0.25) is 0 Å². The molecule has 0 spiro atoms. The van der Waals surface area contributed by atoms with E-state index in [1.54, 1.807) is 7.11 Å². The van der Waals surface area contributed by atoms with E-state index in [0.29, 0.717) is 12.5 Å². The van der Waals surface area contributed by atoms with E-state index >= 15 is 0 Å². The Morgan fingerprint density at radius 1 is 1.53 bits per heavy atom. The van der Waals surface area contributed by atoms with Crippen LogP contribution < -0.4 is 0 Å². The molecule has 1 atom stereocenters. The second-order valence-electron chi connectivity index (χ2n) is 4.74. The Hall–Kier alpha value is -0.830. The second-order valence-corrected chi connectivity index (χ2v) is 4.74. The lowest BCUT2D eigenvalue weighted by Crippen LogP contribution is -2.23. The monoisotopic (exact) mass is 211 g/mol. The van der Waals surface area contributed by atoms with Crippen LogP contribution in [0.5, 0.6) is 0 Å². The van der Waals surface area contributed by atoms with Crippen molar-refractivity contribution >= 4 is 0 Å². The van der Waals surface area contributed by atoms with Crippen molar-refractivity contribution in [2.45, 2.75) is 45.4 Å². The molecule has 1 heterocycles. The normalized spacial score (nSPS) is 14.2. The quantitative estimate of drug-likeness (QED) is 0.750. The van der Waals surface area contributed by atoms with Gasteiger partial charge in [0, 0.05) is 24.5 Å². The molecule has 1 rings (SSSR count). The lowest BCUT2D eigenvalue weighted by molar-refractivity contribution is 0.142. The van der Waals surface area contributed by atoms with Gasteiger partial charge in [0.25, 0.3) is 0 Å².